The summed E-state index contributed by atoms with van der Waals surface area (Å²) in [6.45, 7) is 0.191. The van der Waals surface area contributed by atoms with Crippen molar-refractivity contribution in [1.82, 2.24) is 24.9 Å². The average molecular weight is 283 g/mol. The summed E-state index contributed by atoms with van der Waals surface area (Å²) in [6, 6.07) is 2.94. The maximum atomic E-state index is 12.0. The molecule has 2 heterocycles. The minimum atomic E-state index is -3.67. The predicted octanol–water partition coefficient (Wildman–Crippen LogP) is -0.994. The normalized spacial score (nSPS) is 11.4. The molecule has 0 bridgehead atoms. The molecule has 0 atom stereocenters. The Hall–Kier alpha value is -2.04. The third kappa shape index (κ3) is 3.24. The molecule has 0 aliphatic rings. The van der Waals surface area contributed by atoms with E-state index in [0.29, 0.717) is 12.2 Å². The van der Waals surface area contributed by atoms with Gasteiger partial charge >= 0.3 is 0 Å². The van der Waals surface area contributed by atoms with Crippen molar-refractivity contribution in [2.45, 2.75) is 11.3 Å². The molecule has 0 amide bonds. The molecule has 10 heteroatoms. The minimum Gasteiger partial charge on any atom is -0.307 e. The smallest absolute Gasteiger partial charge is 0.244 e. The van der Waals surface area contributed by atoms with Gasteiger partial charge in [0.25, 0.3) is 0 Å². The fraction of sp³-hybridized carbons (Fsp3) is 0.222. The lowest BCUT2D eigenvalue weighted by atomic mass is 10.4. The summed E-state index contributed by atoms with van der Waals surface area (Å²) in [6.07, 6.45) is 3.22. The third-order valence-corrected chi connectivity index (χ3v) is 3.81. The van der Waals surface area contributed by atoms with Gasteiger partial charge in [0.15, 0.2) is 5.82 Å². The van der Waals surface area contributed by atoms with Crippen LogP contribution in [0.5, 0.6) is 0 Å². The van der Waals surface area contributed by atoms with Crippen LogP contribution < -0.4 is 16.0 Å². The summed E-state index contributed by atoms with van der Waals surface area (Å²) in [7, 11) is -3.67. The van der Waals surface area contributed by atoms with E-state index < -0.39 is 10.0 Å². The number of sulfonamides is 1. The van der Waals surface area contributed by atoms with E-state index in [1.807, 2.05) is 0 Å². The molecular formula is C9H13N7O2S. The Morgan fingerprint density at radius 2 is 2.21 bits per heavy atom. The number of nitrogens with two attached hydrogens (primary N) is 1. The number of aromatic amines is 1. The van der Waals surface area contributed by atoms with Gasteiger partial charge in [-0.05, 0) is 12.1 Å². The predicted molar refractivity (Wildman–Crippen MR) is 67.3 cm³/mol. The van der Waals surface area contributed by atoms with Gasteiger partial charge in [-0.3, -0.25) is 5.10 Å². The molecule has 19 heavy (non-hydrogen) atoms. The van der Waals surface area contributed by atoms with Crippen LogP contribution in [0.1, 0.15) is 5.82 Å². The SMILES string of the molecule is NNc1ncccc1S(=O)(=O)NCCc1ncn[nH]1. The van der Waals surface area contributed by atoms with Crippen molar-refractivity contribution in [1.29, 1.82) is 0 Å². The van der Waals surface area contributed by atoms with E-state index in [1.54, 1.807) is 0 Å². The van der Waals surface area contributed by atoms with Gasteiger partial charge in [-0.1, -0.05) is 0 Å². The van der Waals surface area contributed by atoms with Crippen molar-refractivity contribution in [3.63, 3.8) is 0 Å². The molecule has 9 nitrogen and oxygen atoms in total. The third-order valence-electron chi connectivity index (χ3n) is 2.32. The summed E-state index contributed by atoms with van der Waals surface area (Å²) in [5.41, 5.74) is 2.25. The number of aromatic nitrogens is 4. The fourth-order valence-corrected chi connectivity index (χ4v) is 2.60. The molecular weight excluding hydrogens is 270 g/mol. The molecule has 0 aliphatic heterocycles. The van der Waals surface area contributed by atoms with E-state index in [2.05, 4.69) is 30.3 Å². The zero-order valence-electron chi connectivity index (χ0n) is 9.87. The molecule has 2 rings (SSSR count). The Morgan fingerprint density at radius 1 is 1.37 bits per heavy atom. The standard InChI is InChI=1S/C9H13N7O2S/c10-15-9-7(2-1-4-11-9)19(17,18)14-5-3-8-12-6-13-16-8/h1-2,4,6,14H,3,5,10H2,(H,11,15)(H,12,13,16). The average Bonchev–Trinajstić information content (AvgIpc) is 2.91. The Morgan fingerprint density at radius 3 is 2.89 bits per heavy atom. The van der Waals surface area contributed by atoms with Crippen molar-refractivity contribution < 1.29 is 8.42 Å². The molecule has 102 valence electrons. The van der Waals surface area contributed by atoms with Crippen molar-refractivity contribution in [2.75, 3.05) is 12.0 Å². The first-order valence-corrected chi connectivity index (χ1v) is 6.87. The Bertz CT molecular complexity index is 626. The highest BCUT2D eigenvalue weighted by Crippen LogP contribution is 2.16. The van der Waals surface area contributed by atoms with Gasteiger partial charge in [0.05, 0.1) is 0 Å². The lowest BCUT2D eigenvalue weighted by molar-refractivity contribution is 0.581. The number of nitrogen functional groups attached to an aromatic ring is 1. The number of hydrogen-bond donors (Lipinski definition) is 4. The molecule has 0 aromatic carbocycles. The van der Waals surface area contributed by atoms with E-state index >= 15 is 0 Å². The Balaban J connectivity index is 2.05. The van der Waals surface area contributed by atoms with E-state index in [1.165, 1.54) is 24.7 Å². The molecule has 0 radical (unpaired) electrons. The summed E-state index contributed by atoms with van der Waals surface area (Å²) < 4.78 is 26.5. The fourth-order valence-electron chi connectivity index (χ4n) is 1.45. The Labute approximate surface area is 109 Å². The maximum Gasteiger partial charge on any atom is 0.244 e. The summed E-state index contributed by atoms with van der Waals surface area (Å²) in [5.74, 6) is 5.92. The van der Waals surface area contributed by atoms with Crippen LogP contribution in [0.15, 0.2) is 29.6 Å². The number of hydrazine groups is 1. The maximum absolute atomic E-state index is 12.0. The highest BCUT2D eigenvalue weighted by molar-refractivity contribution is 7.89. The summed E-state index contributed by atoms with van der Waals surface area (Å²) in [5, 5.41) is 6.32. The lowest BCUT2D eigenvalue weighted by Crippen LogP contribution is -2.28. The van der Waals surface area contributed by atoms with Gasteiger partial charge in [0.1, 0.15) is 17.0 Å². The van der Waals surface area contributed by atoms with Gasteiger partial charge < -0.3 is 5.43 Å². The van der Waals surface area contributed by atoms with Gasteiger partial charge in [-0.15, -0.1) is 0 Å². The van der Waals surface area contributed by atoms with Gasteiger partial charge in [-0.25, -0.2) is 29.0 Å². The van der Waals surface area contributed by atoms with E-state index in [9.17, 15) is 8.42 Å². The second-order valence-electron chi connectivity index (χ2n) is 3.57. The zero-order chi connectivity index (χ0) is 13.7. The highest BCUT2D eigenvalue weighted by Gasteiger charge is 2.18. The molecule has 0 saturated heterocycles. The lowest BCUT2D eigenvalue weighted by Gasteiger charge is -2.09. The summed E-state index contributed by atoms with van der Waals surface area (Å²) in [4.78, 5) is 7.73. The van der Waals surface area contributed by atoms with Crippen molar-refractivity contribution in [3.05, 3.63) is 30.5 Å². The van der Waals surface area contributed by atoms with Crippen LogP contribution in [0, 0.1) is 0 Å². The molecule has 0 saturated carbocycles. The van der Waals surface area contributed by atoms with E-state index in [-0.39, 0.29) is 17.3 Å². The number of nitrogens with zero attached hydrogens (tertiary/aromatic N) is 3. The number of pyridine rings is 1. The molecule has 5 N–H and O–H groups in total. The first-order chi connectivity index (χ1) is 9.13. The summed E-state index contributed by atoms with van der Waals surface area (Å²) >= 11 is 0. The second kappa shape index (κ2) is 5.73. The van der Waals surface area contributed by atoms with Crippen molar-refractivity contribution in [2.24, 2.45) is 5.84 Å². The topological polar surface area (TPSA) is 139 Å². The van der Waals surface area contributed by atoms with Crippen LogP contribution in [0.25, 0.3) is 0 Å². The number of H-pyrrole nitrogens is 1. The highest BCUT2D eigenvalue weighted by atomic mass is 32.2. The van der Waals surface area contributed by atoms with Crippen molar-refractivity contribution >= 4 is 15.8 Å². The van der Waals surface area contributed by atoms with Gasteiger partial charge in [-0.2, -0.15) is 5.10 Å². The molecule has 0 spiro atoms. The second-order valence-corrected chi connectivity index (χ2v) is 5.31. The molecule has 2 aromatic heterocycles. The van der Waals surface area contributed by atoms with Crippen molar-refractivity contribution in [3.8, 4) is 0 Å². The number of anilines is 1. The van der Waals surface area contributed by atoms with Gasteiger partial charge in [0.2, 0.25) is 10.0 Å². The van der Waals surface area contributed by atoms with E-state index in [4.69, 9.17) is 5.84 Å². The number of nitrogens with one attached hydrogen (secondary N) is 3. The molecule has 0 unspecified atom stereocenters. The van der Waals surface area contributed by atoms with Crippen LogP contribution >= 0.6 is 0 Å². The van der Waals surface area contributed by atoms with Crippen LogP contribution in [0.4, 0.5) is 5.82 Å². The Kier molecular flexibility index (Phi) is 4.04. The van der Waals surface area contributed by atoms with Crippen LogP contribution in [0.3, 0.4) is 0 Å². The zero-order valence-corrected chi connectivity index (χ0v) is 10.7. The number of rotatable bonds is 6. The van der Waals surface area contributed by atoms with Crippen LogP contribution in [-0.4, -0.2) is 35.1 Å². The molecule has 2 aromatic rings. The molecule has 0 aliphatic carbocycles. The largest absolute Gasteiger partial charge is 0.307 e. The monoisotopic (exact) mass is 283 g/mol. The molecule has 0 fully saturated rings. The van der Waals surface area contributed by atoms with Crippen LogP contribution in [-0.2, 0) is 16.4 Å². The quantitative estimate of drug-likeness (QED) is 0.394. The first-order valence-electron chi connectivity index (χ1n) is 5.39. The van der Waals surface area contributed by atoms with Crippen LogP contribution in [0.2, 0.25) is 0 Å². The minimum absolute atomic E-state index is 0.00456. The first kappa shape index (κ1) is 13.4. The van der Waals surface area contributed by atoms with Gasteiger partial charge in [0, 0.05) is 19.2 Å². The van der Waals surface area contributed by atoms with E-state index in [0.717, 1.165) is 0 Å². The number of hydrogen-bond acceptors (Lipinski definition) is 7.